The third kappa shape index (κ3) is 5.97. The van der Waals surface area contributed by atoms with Crippen LogP contribution in [0.5, 0.6) is 5.75 Å². The number of ether oxygens (including phenoxy) is 3. The average Bonchev–Trinajstić information content (AvgIpc) is 3.01. The van der Waals surface area contributed by atoms with Crippen LogP contribution in [0.1, 0.15) is 20.8 Å². The van der Waals surface area contributed by atoms with E-state index in [-0.39, 0.29) is 19.2 Å². The van der Waals surface area contributed by atoms with Crippen molar-refractivity contribution >= 4 is 36.8 Å². The molecular weight excluding hydrogens is 430 g/mol. The lowest BCUT2D eigenvalue weighted by Crippen LogP contribution is -2.50. The third-order valence-electron chi connectivity index (χ3n) is 4.89. The number of nitrogens with zero attached hydrogens (tertiary/aromatic N) is 4. The van der Waals surface area contributed by atoms with Gasteiger partial charge in [-0.05, 0) is 32.9 Å². The van der Waals surface area contributed by atoms with E-state index in [0.717, 1.165) is 11.6 Å². The minimum absolute atomic E-state index is 0.0187. The normalized spacial score (nSPS) is 17.0. The van der Waals surface area contributed by atoms with Gasteiger partial charge in [0.15, 0.2) is 0 Å². The van der Waals surface area contributed by atoms with E-state index in [1.54, 1.807) is 44.6 Å². The number of hydrogen-bond donors (Lipinski definition) is 1. The van der Waals surface area contributed by atoms with Crippen LogP contribution in [0.4, 0.5) is 10.5 Å². The van der Waals surface area contributed by atoms with Crippen LogP contribution in [0.15, 0.2) is 12.1 Å². The molecule has 2 heterocycles. The van der Waals surface area contributed by atoms with E-state index in [2.05, 4.69) is 35.3 Å². The second-order valence-corrected chi connectivity index (χ2v) is 15.8. The van der Waals surface area contributed by atoms with Gasteiger partial charge in [0.1, 0.15) is 36.2 Å². The molecule has 0 fully saturated rings. The van der Waals surface area contributed by atoms with Gasteiger partial charge in [0, 0.05) is 27.8 Å². The van der Waals surface area contributed by atoms with Crippen LogP contribution in [0.3, 0.4) is 0 Å². The molecule has 0 spiro atoms. The molecule has 1 N–H and O–H groups in total. The van der Waals surface area contributed by atoms with Gasteiger partial charge < -0.3 is 24.4 Å². The van der Waals surface area contributed by atoms with Gasteiger partial charge in [-0.15, -0.1) is 5.10 Å². The fraction of sp³-hybridized carbons (Fsp3) is 0.619. The molecule has 1 atom stereocenters. The summed E-state index contributed by atoms with van der Waals surface area (Å²) >= 11 is 0. The number of nitrogens with one attached hydrogen (secondary N) is 1. The molecule has 2 aromatic rings. The fourth-order valence-corrected chi connectivity index (χ4v) is 3.89. The van der Waals surface area contributed by atoms with Crippen LogP contribution >= 0.6 is 0 Å². The van der Waals surface area contributed by atoms with E-state index >= 15 is 0 Å². The number of alkyl carbamates (subject to hydrolysis) is 1. The molecule has 0 bridgehead atoms. The predicted octanol–water partition coefficient (Wildman–Crippen LogP) is 2.99. The third-order valence-corrected chi connectivity index (χ3v) is 6.60. The molecule has 1 aliphatic heterocycles. The van der Waals surface area contributed by atoms with Crippen molar-refractivity contribution in [3.8, 4) is 5.75 Å². The Bertz CT molecular complexity index is 995. The van der Waals surface area contributed by atoms with Crippen LogP contribution in [0.25, 0.3) is 11.0 Å². The topological polar surface area (TPSA) is 108 Å². The number of likely N-dealkylation sites (N-methyl/N-ethyl adjacent to an activating group) is 1. The standard InChI is InChI=1S/C21H33N5O5Si/c1-21(2,3)31-20(28)22-15-12-30-18-11-16-14(10-17(18)25(4)19(15)27)23-24-26(16)13-29-8-9-32(5,6)7/h10-11,15H,8-9,12-13H2,1-7H3,(H,22,28)/t15-/m0/s1. The summed E-state index contributed by atoms with van der Waals surface area (Å²) in [4.78, 5) is 26.5. The molecule has 3 rings (SSSR count). The second-order valence-electron chi connectivity index (χ2n) is 10.2. The molecule has 0 saturated heterocycles. The zero-order valence-corrected chi connectivity index (χ0v) is 20.9. The number of rotatable bonds is 6. The smallest absolute Gasteiger partial charge is 0.408 e. The second kappa shape index (κ2) is 9.06. The summed E-state index contributed by atoms with van der Waals surface area (Å²) in [6.07, 6.45) is -0.670. The zero-order valence-electron chi connectivity index (χ0n) is 19.9. The molecule has 0 unspecified atom stereocenters. The van der Waals surface area contributed by atoms with Crippen molar-refractivity contribution < 1.29 is 23.8 Å². The molecule has 0 radical (unpaired) electrons. The Kier molecular flexibility index (Phi) is 6.79. The Balaban J connectivity index is 1.75. The highest BCUT2D eigenvalue weighted by molar-refractivity contribution is 6.76. The molecular formula is C21H33N5O5Si. The summed E-state index contributed by atoms with van der Waals surface area (Å²) in [6.45, 7) is 13.1. The summed E-state index contributed by atoms with van der Waals surface area (Å²) in [7, 11) is 0.464. The molecule has 176 valence electrons. The van der Waals surface area contributed by atoms with Gasteiger partial charge in [0.05, 0.1) is 11.2 Å². The minimum Gasteiger partial charge on any atom is -0.489 e. The van der Waals surface area contributed by atoms with Crippen LogP contribution in [0.2, 0.25) is 25.7 Å². The van der Waals surface area contributed by atoms with Crippen molar-refractivity contribution in [2.24, 2.45) is 0 Å². The maximum atomic E-state index is 12.9. The number of fused-ring (bicyclic) bond motifs is 2. The molecule has 0 saturated carbocycles. The SMILES string of the molecule is CN1C(=O)[C@@H](NC(=O)OC(C)(C)C)COc2cc3c(cc21)nnn3COCC[Si](C)(C)C. The Labute approximate surface area is 189 Å². The summed E-state index contributed by atoms with van der Waals surface area (Å²) in [5, 5.41) is 11.0. The highest BCUT2D eigenvalue weighted by Crippen LogP contribution is 2.34. The fourth-order valence-electron chi connectivity index (χ4n) is 3.14. The van der Waals surface area contributed by atoms with E-state index < -0.39 is 25.8 Å². The molecule has 1 aromatic carbocycles. The Hall–Kier alpha value is -2.66. The molecule has 11 heteroatoms. The molecule has 1 aromatic heterocycles. The van der Waals surface area contributed by atoms with Gasteiger partial charge >= 0.3 is 6.09 Å². The molecule has 10 nitrogen and oxygen atoms in total. The van der Waals surface area contributed by atoms with Gasteiger partial charge in [0.25, 0.3) is 5.91 Å². The molecule has 2 amide bonds. The molecule has 1 aliphatic rings. The zero-order chi connectivity index (χ0) is 23.7. The van der Waals surface area contributed by atoms with E-state index in [1.807, 2.05) is 0 Å². The van der Waals surface area contributed by atoms with E-state index in [1.165, 1.54) is 4.90 Å². The van der Waals surface area contributed by atoms with Crippen molar-refractivity contribution in [2.75, 3.05) is 25.2 Å². The lowest BCUT2D eigenvalue weighted by atomic mass is 10.2. The van der Waals surface area contributed by atoms with Crippen molar-refractivity contribution in [3.05, 3.63) is 12.1 Å². The summed E-state index contributed by atoms with van der Waals surface area (Å²) in [6, 6.07) is 3.74. The lowest BCUT2D eigenvalue weighted by Gasteiger charge is -2.23. The van der Waals surface area contributed by atoms with Gasteiger partial charge in [-0.3, -0.25) is 4.79 Å². The number of amides is 2. The van der Waals surface area contributed by atoms with E-state index in [9.17, 15) is 9.59 Å². The van der Waals surface area contributed by atoms with Crippen molar-refractivity contribution in [2.45, 2.75) is 64.8 Å². The summed E-state index contributed by atoms with van der Waals surface area (Å²) in [5.74, 6) is 0.198. The van der Waals surface area contributed by atoms with Gasteiger partial charge in [-0.1, -0.05) is 24.9 Å². The van der Waals surface area contributed by atoms with Gasteiger partial charge in [-0.2, -0.15) is 0 Å². The first-order valence-electron chi connectivity index (χ1n) is 10.7. The van der Waals surface area contributed by atoms with Crippen LogP contribution in [-0.2, 0) is 21.0 Å². The number of carbonyl (C=O) groups excluding carboxylic acids is 2. The van der Waals surface area contributed by atoms with E-state index in [4.69, 9.17) is 14.2 Å². The highest BCUT2D eigenvalue weighted by atomic mass is 28.3. The van der Waals surface area contributed by atoms with Crippen LogP contribution in [0, 0.1) is 0 Å². The van der Waals surface area contributed by atoms with E-state index in [0.29, 0.717) is 23.6 Å². The first-order valence-corrected chi connectivity index (χ1v) is 14.4. The lowest BCUT2D eigenvalue weighted by molar-refractivity contribution is -0.120. The van der Waals surface area contributed by atoms with Gasteiger partial charge in [0.2, 0.25) is 0 Å². The Morgan fingerprint density at radius 2 is 2.03 bits per heavy atom. The van der Waals surface area contributed by atoms with Crippen molar-refractivity contribution in [3.63, 3.8) is 0 Å². The largest absolute Gasteiger partial charge is 0.489 e. The minimum atomic E-state index is -1.17. The van der Waals surface area contributed by atoms with Gasteiger partial charge in [-0.25, -0.2) is 9.48 Å². The summed E-state index contributed by atoms with van der Waals surface area (Å²) in [5.41, 5.74) is 1.26. The number of benzene rings is 1. The maximum absolute atomic E-state index is 12.9. The van der Waals surface area contributed by atoms with Crippen LogP contribution in [-0.4, -0.2) is 67.0 Å². The monoisotopic (exact) mass is 463 g/mol. The number of hydrogen-bond acceptors (Lipinski definition) is 7. The number of carbonyl (C=O) groups is 2. The molecule has 0 aliphatic carbocycles. The molecule has 32 heavy (non-hydrogen) atoms. The number of anilines is 1. The van der Waals surface area contributed by atoms with Crippen LogP contribution < -0.4 is 15.0 Å². The average molecular weight is 464 g/mol. The Morgan fingerprint density at radius 1 is 1.31 bits per heavy atom. The predicted molar refractivity (Wildman–Crippen MR) is 124 cm³/mol. The quantitative estimate of drug-likeness (QED) is 0.518. The maximum Gasteiger partial charge on any atom is 0.408 e. The first-order chi connectivity index (χ1) is 14.8. The highest BCUT2D eigenvalue weighted by Gasteiger charge is 2.32. The Morgan fingerprint density at radius 3 is 2.69 bits per heavy atom. The van der Waals surface area contributed by atoms with Crippen molar-refractivity contribution in [1.29, 1.82) is 0 Å². The van der Waals surface area contributed by atoms with Crippen molar-refractivity contribution in [1.82, 2.24) is 20.3 Å². The summed E-state index contributed by atoms with van der Waals surface area (Å²) < 4.78 is 18.6. The number of aromatic nitrogens is 3. The first kappa shape index (κ1) is 24.0.